The Morgan fingerprint density at radius 2 is 1.45 bits per heavy atom. The average molecular weight is 280 g/mol. The highest BCUT2D eigenvalue weighted by Gasteiger charge is 2.28. The molecule has 20 heavy (non-hydrogen) atoms. The van der Waals surface area contributed by atoms with Gasteiger partial charge in [-0.3, -0.25) is 4.90 Å². The quantitative estimate of drug-likeness (QED) is 0.774. The van der Waals surface area contributed by atoms with Crippen molar-refractivity contribution < 1.29 is 0 Å². The molecular formula is C18H36N2. The zero-order chi connectivity index (χ0) is 14.8. The van der Waals surface area contributed by atoms with Gasteiger partial charge in [0.2, 0.25) is 0 Å². The van der Waals surface area contributed by atoms with Crippen LogP contribution in [0.15, 0.2) is 0 Å². The van der Waals surface area contributed by atoms with Gasteiger partial charge < -0.3 is 4.90 Å². The van der Waals surface area contributed by atoms with Gasteiger partial charge >= 0.3 is 0 Å². The molecule has 118 valence electrons. The zero-order valence-corrected chi connectivity index (χ0v) is 14.5. The minimum absolute atomic E-state index is 0.349. The molecule has 0 aromatic rings. The smallest absolute Gasteiger partial charge is 0.0126 e. The summed E-state index contributed by atoms with van der Waals surface area (Å²) in [5, 5.41) is 0. The van der Waals surface area contributed by atoms with Gasteiger partial charge in [0.05, 0.1) is 0 Å². The van der Waals surface area contributed by atoms with Gasteiger partial charge in [0.15, 0.2) is 0 Å². The van der Waals surface area contributed by atoms with Crippen molar-refractivity contribution in [3.05, 3.63) is 0 Å². The largest absolute Gasteiger partial charge is 0.301 e. The van der Waals surface area contributed by atoms with Crippen LogP contribution in [0.5, 0.6) is 0 Å². The number of hydrogen-bond acceptors (Lipinski definition) is 2. The van der Waals surface area contributed by atoms with Crippen LogP contribution in [0.2, 0.25) is 0 Å². The van der Waals surface area contributed by atoms with Crippen LogP contribution >= 0.6 is 0 Å². The molecular weight excluding hydrogens is 244 g/mol. The van der Waals surface area contributed by atoms with Crippen molar-refractivity contribution in [2.45, 2.75) is 65.8 Å². The Morgan fingerprint density at radius 3 is 1.90 bits per heavy atom. The lowest BCUT2D eigenvalue weighted by Crippen LogP contribution is -2.54. The third-order valence-corrected chi connectivity index (χ3v) is 5.67. The fourth-order valence-electron chi connectivity index (χ4n) is 4.00. The van der Waals surface area contributed by atoms with Crippen LogP contribution in [0.4, 0.5) is 0 Å². The van der Waals surface area contributed by atoms with Crippen LogP contribution in [0.3, 0.4) is 0 Å². The Bertz CT molecular complexity index is 276. The first-order chi connectivity index (χ1) is 9.36. The summed E-state index contributed by atoms with van der Waals surface area (Å²) in [6.07, 6.45) is 5.90. The van der Waals surface area contributed by atoms with E-state index in [0.717, 1.165) is 17.8 Å². The van der Waals surface area contributed by atoms with Crippen molar-refractivity contribution in [1.82, 2.24) is 9.80 Å². The van der Waals surface area contributed by atoms with E-state index in [1.165, 1.54) is 58.4 Å². The third kappa shape index (κ3) is 4.46. The first-order valence-electron chi connectivity index (χ1n) is 8.83. The Morgan fingerprint density at radius 1 is 0.900 bits per heavy atom. The van der Waals surface area contributed by atoms with E-state index in [1.807, 2.05) is 0 Å². The molecule has 0 N–H and O–H groups in total. The van der Waals surface area contributed by atoms with Gasteiger partial charge in [-0.05, 0) is 64.2 Å². The molecule has 1 saturated carbocycles. The fourth-order valence-corrected chi connectivity index (χ4v) is 4.00. The second kappa shape index (κ2) is 6.79. The zero-order valence-electron chi connectivity index (χ0n) is 14.5. The van der Waals surface area contributed by atoms with Crippen molar-refractivity contribution >= 4 is 0 Å². The summed E-state index contributed by atoms with van der Waals surface area (Å²) in [5.74, 6) is 2.88. The second-order valence-electron chi connectivity index (χ2n) is 8.48. The van der Waals surface area contributed by atoms with Crippen molar-refractivity contribution in [3.8, 4) is 0 Å². The third-order valence-electron chi connectivity index (χ3n) is 5.67. The molecule has 0 atom stereocenters. The molecule has 0 bridgehead atoms. The average Bonchev–Trinajstić information content (AvgIpc) is 2.39. The molecule has 2 aliphatic rings. The van der Waals surface area contributed by atoms with E-state index in [9.17, 15) is 0 Å². The van der Waals surface area contributed by atoms with E-state index in [2.05, 4.69) is 44.4 Å². The Hall–Kier alpha value is -0.0800. The maximum atomic E-state index is 2.72. The predicted molar refractivity (Wildman–Crippen MR) is 88.1 cm³/mol. The highest BCUT2D eigenvalue weighted by Crippen LogP contribution is 2.33. The molecule has 0 radical (unpaired) electrons. The summed E-state index contributed by atoms with van der Waals surface area (Å²) in [6, 6.07) is 0. The lowest BCUT2D eigenvalue weighted by Gasteiger charge is -2.43. The predicted octanol–water partition coefficient (Wildman–Crippen LogP) is 3.86. The highest BCUT2D eigenvalue weighted by molar-refractivity contribution is 4.83. The molecule has 2 heteroatoms. The normalized spacial score (nSPS) is 30.9. The number of rotatable bonds is 3. The summed E-state index contributed by atoms with van der Waals surface area (Å²) >= 11 is 0. The molecule has 0 spiro atoms. The van der Waals surface area contributed by atoms with E-state index in [4.69, 9.17) is 0 Å². The Balaban J connectivity index is 1.69. The summed E-state index contributed by atoms with van der Waals surface area (Å²) in [6.45, 7) is 18.3. The molecule has 1 heterocycles. The summed E-state index contributed by atoms with van der Waals surface area (Å²) in [4.78, 5) is 5.36. The van der Waals surface area contributed by atoms with Crippen LogP contribution in [0.1, 0.15) is 60.3 Å². The summed E-state index contributed by atoms with van der Waals surface area (Å²) in [7, 11) is 0. The molecule has 2 fully saturated rings. The highest BCUT2D eigenvalue weighted by atomic mass is 15.3. The van der Waals surface area contributed by atoms with E-state index in [-0.39, 0.29) is 0 Å². The molecule has 1 aliphatic heterocycles. The maximum absolute atomic E-state index is 2.72. The van der Waals surface area contributed by atoms with Gasteiger partial charge in [0.25, 0.3) is 0 Å². The molecule has 0 unspecified atom stereocenters. The van der Waals surface area contributed by atoms with E-state index in [1.54, 1.807) is 0 Å². The van der Waals surface area contributed by atoms with Crippen molar-refractivity contribution in [3.63, 3.8) is 0 Å². The SMILES string of the molecule is CC(C)C1CCC(CN2CCN(C(C)(C)C)CC2)CC1. The van der Waals surface area contributed by atoms with Gasteiger partial charge in [-0.1, -0.05) is 13.8 Å². The van der Waals surface area contributed by atoms with Crippen LogP contribution in [-0.2, 0) is 0 Å². The monoisotopic (exact) mass is 280 g/mol. The number of piperazine rings is 1. The molecule has 0 amide bonds. The molecule has 0 aromatic heterocycles. The fraction of sp³-hybridized carbons (Fsp3) is 1.00. The maximum Gasteiger partial charge on any atom is 0.0126 e. The molecule has 2 nitrogen and oxygen atoms in total. The van der Waals surface area contributed by atoms with Gasteiger partial charge in [-0.25, -0.2) is 0 Å². The van der Waals surface area contributed by atoms with Gasteiger partial charge in [-0.2, -0.15) is 0 Å². The summed E-state index contributed by atoms with van der Waals surface area (Å²) in [5.41, 5.74) is 0.349. The first-order valence-corrected chi connectivity index (χ1v) is 8.83. The van der Waals surface area contributed by atoms with E-state index >= 15 is 0 Å². The first kappa shape index (κ1) is 16.3. The van der Waals surface area contributed by atoms with E-state index < -0.39 is 0 Å². The summed E-state index contributed by atoms with van der Waals surface area (Å²) < 4.78 is 0. The van der Waals surface area contributed by atoms with Crippen LogP contribution in [-0.4, -0.2) is 48.1 Å². The van der Waals surface area contributed by atoms with Crippen molar-refractivity contribution in [1.29, 1.82) is 0 Å². The minimum Gasteiger partial charge on any atom is -0.301 e. The van der Waals surface area contributed by atoms with E-state index in [0.29, 0.717) is 5.54 Å². The Labute approximate surface area is 126 Å². The lowest BCUT2D eigenvalue weighted by atomic mass is 9.77. The van der Waals surface area contributed by atoms with Crippen molar-refractivity contribution in [2.75, 3.05) is 32.7 Å². The topological polar surface area (TPSA) is 6.48 Å². The standard InChI is InChI=1S/C18H36N2/c1-15(2)17-8-6-16(7-9-17)14-19-10-12-20(13-11-19)18(3,4)5/h15-17H,6-14H2,1-5H3. The van der Waals surface area contributed by atoms with Crippen LogP contribution < -0.4 is 0 Å². The van der Waals surface area contributed by atoms with Crippen LogP contribution in [0.25, 0.3) is 0 Å². The molecule has 1 aliphatic carbocycles. The molecule has 2 rings (SSSR count). The number of nitrogens with zero attached hydrogens (tertiary/aromatic N) is 2. The lowest BCUT2D eigenvalue weighted by molar-refractivity contribution is 0.0494. The van der Waals surface area contributed by atoms with Gasteiger partial charge in [0, 0.05) is 38.3 Å². The minimum atomic E-state index is 0.349. The molecule has 0 aromatic carbocycles. The Kier molecular flexibility index (Phi) is 5.53. The number of hydrogen-bond donors (Lipinski definition) is 0. The van der Waals surface area contributed by atoms with Gasteiger partial charge in [-0.15, -0.1) is 0 Å². The van der Waals surface area contributed by atoms with Crippen molar-refractivity contribution in [2.24, 2.45) is 17.8 Å². The van der Waals surface area contributed by atoms with Gasteiger partial charge in [0.1, 0.15) is 0 Å². The van der Waals surface area contributed by atoms with Crippen LogP contribution in [0, 0.1) is 17.8 Å². The second-order valence-corrected chi connectivity index (χ2v) is 8.48. The molecule has 1 saturated heterocycles.